The zero-order valence-corrected chi connectivity index (χ0v) is 8.86. The Morgan fingerprint density at radius 3 is 3.00 bits per heavy atom. The van der Waals surface area contributed by atoms with Gasteiger partial charge in [0.05, 0.1) is 12.7 Å². The van der Waals surface area contributed by atoms with Crippen LogP contribution in [0.5, 0.6) is 0 Å². The number of methoxy groups -OCH3 is 1. The molecule has 0 aliphatic heterocycles. The minimum atomic E-state index is -0.595. The summed E-state index contributed by atoms with van der Waals surface area (Å²) in [6.07, 6.45) is 2.79. The zero-order chi connectivity index (χ0) is 9.84. The summed E-state index contributed by atoms with van der Waals surface area (Å²) in [7, 11) is 1.25. The maximum Gasteiger partial charge on any atom is 0.340 e. The lowest BCUT2D eigenvalue weighted by atomic mass is 9.98. The minimum Gasteiger partial charge on any atom is -0.465 e. The van der Waals surface area contributed by atoms with E-state index in [9.17, 15) is 9.18 Å². The van der Waals surface area contributed by atoms with Gasteiger partial charge in [-0.15, -0.1) is 0 Å². The predicted molar refractivity (Wildman–Crippen MR) is 51.3 cm³/mol. The Bertz CT molecular complexity index is 281. The summed E-state index contributed by atoms with van der Waals surface area (Å²) in [5.41, 5.74) is 0.765. The topological polar surface area (TPSA) is 26.3 Å². The van der Waals surface area contributed by atoms with E-state index in [1.807, 2.05) is 6.08 Å². The van der Waals surface area contributed by atoms with Crippen LogP contribution in [0, 0.1) is 0 Å². The first-order valence-corrected chi connectivity index (χ1v) is 5.05. The summed E-state index contributed by atoms with van der Waals surface area (Å²) in [5.74, 6) is -0.966. The van der Waals surface area contributed by atoms with Gasteiger partial charge in [0, 0.05) is 11.8 Å². The number of carbonyl (C=O) groups excluding carboxylic acids is 1. The van der Waals surface area contributed by atoms with Crippen molar-refractivity contribution in [1.82, 2.24) is 0 Å². The van der Waals surface area contributed by atoms with Crippen LogP contribution < -0.4 is 0 Å². The fraction of sp³-hybridized carbons (Fsp3) is 0.444. The number of esters is 1. The number of rotatable bonds is 2. The molecule has 0 bridgehead atoms. The number of hydrogen-bond acceptors (Lipinski definition) is 2. The van der Waals surface area contributed by atoms with Crippen LogP contribution in [0.2, 0.25) is 0 Å². The molecule has 0 N–H and O–H groups in total. The molecule has 72 valence electrons. The molecule has 1 aliphatic rings. The Balaban J connectivity index is 2.99. The Kier molecular flexibility index (Phi) is 3.66. The second-order valence-electron chi connectivity index (χ2n) is 2.67. The van der Waals surface area contributed by atoms with Crippen molar-refractivity contribution >= 4 is 21.9 Å². The molecule has 0 saturated heterocycles. The molecule has 0 aromatic rings. The average molecular weight is 249 g/mol. The van der Waals surface area contributed by atoms with Gasteiger partial charge >= 0.3 is 5.97 Å². The maximum absolute atomic E-state index is 13.2. The number of halogens is 2. The maximum atomic E-state index is 13.2. The zero-order valence-electron chi connectivity index (χ0n) is 7.27. The van der Waals surface area contributed by atoms with Crippen LogP contribution in [0.1, 0.15) is 12.8 Å². The molecule has 2 nitrogen and oxygen atoms in total. The van der Waals surface area contributed by atoms with Crippen molar-refractivity contribution in [1.29, 1.82) is 0 Å². The quantitative estimate of drug-likeness (QED) is 0.555. The molecule has 0 unspecified atom stereocenters. The van der Waals surface area contributed by atoms with Crippen LogP contribution in [0.4, 0.5) is 4.39 Å². The molecule has 0 fully saturated rings. The molecule has 0 amide bonds. The van der Waals surface area contributed by atoms with E-state index in [0.717, 1.165) is 0 Å². The van der Waals surface area contributed by atoms with Crippen LogP contribution >= 0.6 is 15.9 Å². The minimum absolute atomic E-state index is 0.0885. The van der Waals surface area contributed by atoms with E-state index in [4.69, 9.17) is 0 Å². The highest BCUT2D eigenvalue weighted by Gasteiger charge is 2.22. The molecule has 13 heavy (non-hydrogen) atoms. The number of ether oxygens (including phenoxy) is 1. The summed E-state index contributed by atoms with van der Waals surface area (Å²) in [4.78, 5) is 11.2. The smallest absolute Gasteiger partial charge is 0.340 e. The van der Waals surface area contributed by atoms with Gasteiger partial charge in [-0.2, -0.15) is 0 Å². The van der Waals surface area contributed by atoms with Gasteiger partial charge in [0.1, 0.15) is 5.83 Å². The summed E-state index contributed by atoms with van der Waals surface area (Å²) < 4.78 is 17.7. The van der Waals surface area contributed by atoms with E-state index in [0.29, 0.717) is 23.7 Å². The molecular formula is C9H10BrFO2. The van der Waals surface area contributed by atoms with Crippen molar-refractivity contribution in [3.05, 3.63) is 23.0 Å². The predicted octanol–water partition coefficient (Wildman–Crippen LogP) is 2.50. The van der Waals surface area contributed by atoms with Crippen molar-refractivity contribution in [2.45, 2.75) is 12.8 Å². The number of carbonyl (C=O) groups is 1. The van der Waals surface area contributed by atoms with Crippen LogP contribution in [0.25, 0.3) is 0 Å². The Labute approximate surface area is 84.6 Å². The Hall–Kier alpha value is -0.640. The highest BCUT2D eigenvalue weighted by Crippen LogP contribution is 2.28. The summed E-state index contributed by atoms with van der Waals surface area (Å²) in [5, 5.41) is 0.477. The van der Waals surface area contributed by atoms with Gasteiger partial charge in [0.2, 0.25) is 0 Å². The molecular weight excluding hydrogens is 239 g/mol. The first-order chi connectivity index (χ1) is 6.20. The SMILES string of the molecule is COC(=O)C1=C(F)CCC=C1CBr. The fourth-order valence-electron chi connectivity index (χ4n) is 1.24. The first kappa shape index (κ1) is 10.4. The van der Waals surface area contributed by atoms with Crippen molar-refractivity contribution in [3.63, 3.8) is 0 Å². The summed E-state index contributed by atoms with van der Waals surface area (Å²) in [6.45, 7) is 0. The normalized spacial score (nSPS) is 17.0. The van der Waals surface area contributed by atoms with Gasteiger partial charge in [0.15, 0.2) is 0 Å². The largest absolute Gasteiger partial charge is 0.465 e. The first-order valence-electron chi connectivity index (χ1n) is 3.93. The number of allylic oxidation sites excluding steroid dienone is 2. The van der Waals surface area contributed by atoms with Gasteiger partial charge in [-0.3, -0.25) is 0 Å². The molecule has 0 saturated carbocycles. The third kappa shape index (κ3) is 2.18. The molecule has 0 radical (unpaired) electrons. The summed E-state index contributed by atoms with van der Waals surface area (Å²) in [6, 6.07) is 0. The van der Waals surface area contributed by atoms with Gasteiger partial charge < -0.3 is 4.74 Å². The molecule has 1 aliphatic carbocycles. The van der Waals surface area contributed by atoms with E-state index in [1.54, 1.807) is 0 Å². The lowest BCUT2D eigenvalue weighted by Gasteiger charge is -2.13. The lowest BCUT2D eigenvalue weighted by Crippen LogP contribution is -2.12. The fourth-order valence-corrected chi connectivity index (χ4v) is 1.75. The third-order valence-corrected chi connectivity index (χ3v) is 2.48. The molecule has 1 rings (SSSR count). The van der Waals surface area contributed by atoms with Crippen LogP contribution in [0.15, 0.2) is 23.0 Å². The van der Waals surface area contributed by atoms with E-state index in [-0.39, 0.29) is 11.4 Å². The van der Waals surface area contributed by atoms with Crippen molar-refractivity contribution in [3.8, 4) is 0 Å². The van der Waals surface area contributed by atoms with Gasteiger partial charge in [-0.05, 0) is 12.0 Å². The molecule has 0 spiro atoms. The molecule has 0 heterocycles. The summed E-state index contributed by atoms with van der Waals surface area (Å²) >= 11 is 3.20. The lowest BCUT2D eigenvalue weighted by molar-refractivity contribution is -0.136. The van der Waals surface area contributed by atoms with Gasteiger partial charge in [-0.1, -0.05) is 22.0 Å². The molecule has 0 aromatic carbocycles. The van der Waals surface area contributed by atoms with E-state index in [2.05, 4.69) is 20.7 Å². The van der Waals surface area contributed by atoms with E-state index >= 15 is 0 Å². The van der Waals surface area contributed by atoms with Gasteiger partial charge in [0.25, 0.3) is 0 Å². The molecule has 4 heteroatoms. The highest BCUT2D eigenvalue weighted by atomic mass is 79.9. The second kappa shape index (κ2) is 4.56. The number of hydrogen-bond donors (Lipinski definition) is 0. The monoisotopic (exact) mass is 248 g/mol. The average Bonchev–Trinajstić information content (AvgIpc) is 2.16. The Morgan fingerprint density at radius 1 is 1.77 bits per heavy atom. The van der Waals surface area contributed by atoms with Crippen LogP contribution in [-0.2, 0) is 9.53 Å². The Morgan fingerprint density at radius 2 is 2.46 bits per heavy atom. The van der Waals surface area contributed by atoms with E-state index < -0.39 is 5.97 Å². The van der Waals surface area contributed by atoms with Crippen LogP contribution in [0.3, 0.4) is 0 Å². The standard InChI is InChI=1S/C9H10BrFO2/c1-13-9(12)8-6(5-10)3-2-4-7(8)11/h3H,2,4-5H2,1H3. The number of alkyl halides is 1. The highest BCUT2D eigenvalue weighted by molar-refractivity contribution is 9.09. The van der Waals surface area contributed by atoms with Crippen molar-refractivity contribution in [2.24, 2.45) is 0 Å². The van der Waals surface area contributed by atoms with Crippen LogP contribution in [-0.4, -0.2) is 18.4 Å². The van der Waals surface area contributed by atoms with Crippen molar-refractivity contribution in [2.75, 3.05) is 12.4 Å². The molecule has 0 aromatic heterocycles. The van der Waals surface area contributed by atoms with E-state index in [1.165, 1.54) is 7.11 Å². The third-order valence-electron chi connectivity index (χ3n) is 1.88. The second-order valence-corrected chi connectivity index (χ2v) is 3.23. The van der Waals surface area contributed by atoms with Gasteiger partial charge in [-0.25, -0.2) is 9.18 Å². The molecule has 0 atom stereocenters. The van der Waals surface area contributed by atoms with Crippen molar-refractivity contribution < 1.29 is 13.9 Å².